The predicted octanol–water partition coefficient (Wildman–Crippen LogP) is 15.5. The van der Waals surface area contributed by atoms with Gasteiger partial charge in [0.15, 0.2) is 16.9 Å². The molecule has 6 nitrogen and oxygen atoms in total. The van der Waals surface area contributed by atoms with Gasteiger partial charge in [0, 0.05) is 27.9 Å². The number of H-pyrrole nitrogens is 1. The van der Waals surface area contributed by atoms with E-state index in [1.165, 1.54) is 32.3 Å². The average molecular weight is 894 g/mol. The van der Waals surface area contributed by atoms with Crippen molar-refractivity contribution in [2.45, 2.75) is 0 Å². The Labute approximate surface area is 403 Å². The maximum atomic E-state index is 5.44. The number of nitrogens with one attached hydrogen (secondary N) is 1. The fraction of sp³-hybridized carbons (Fsp3) is 0. The van der Waals surface area contributed by atoms with E-state index in [2.05, 4.69) is 251 Å². The average Bonchev–Trinajstić information content (AvgIpc) is 4.03. The lowest BCUT2D eigenvalue weighted by Gasteiger charge is -2.15. The molecule has 0 bridgehead atoms. The largest absolute Gasteiger partial charge is 0.292 e. The summed E-state index contributed by atoms with van der Waals surface area (Å²) in [5.41, 5.74) is 13.1. The molecule has 0 radical (unpaired) electrons. The number of fused-ring (bicyclic) bond motifs is 8. The first-order valence-electron chi connectivity index (χ1n) is 23.7. The van der Waals surface area contributed by atoms with Crippen molar-refractivity contribution in [3.63, 3.8) is 0 Å². The number of imidazole rings is 2. The summed E-state index contributed by atoms with van der Waals surface area (Å²) in [5, 5.41) is 9.49. The Morgan fingerprint density at radius 2 is 0.900 bits per heavy atom. The highest BCUT2D eigenvalue weighted by atomic mass is 15.1. The number of rotatable bonds is 7. The third-order valence-electron chi connectivity index (χ3n) is 13.8. The molecule has 0 saturated carbocycles. The summed E-state index contributed by atoms with van der Waals surface area (Å²) in [5.74, 6) is 2.53. The van der Waals surface area contributed by atoms with Crippen LogP contribution in [0.4, 0.5) is 0 Å². The Balaban J connectivity index is 0.909. The van der Waals surface area contributed by atoms with Crippen LogP contribution in [0.1, 0.15) is 0 Å². The van der Waals surface area contributed by atoms with Crippen molar-refractivity contribution in [3.05, 3.63) is 243 Å². The van der Waals surface area contributed by atoms with Crippen LogP contribution in [0.15, 0.2) is 243 Å². The van der Waals surface area contributed by atoms with Gasteiger partial charge in [-0.25, -0.2) is 19.9 Å². The van der Waals surface area contributed by atoms with Crippen molar-refractivity contribution < 1.29 is 4.57 Å². The van der Waals surface area contributed by atoms with E-state index in [4.69, 9.17) is 15.0 Å². The van der Waals surface area contributed by atoms with Gasteiger partial charge in [0.05, 0.1) is 28.0 Å². The molecule has 0 aliphatic rings. The van der Waals surface area contributed by atoms with Crippen molar-refractivity contribution in [2.24, 2.45) is 0 Å². The zero-order chi connectivity index (χ0) is 46.1. The van der Waals surface area contributed by atoms with E-state index in [1.54, 1.807) is 0 Å². The summed E-state index contributed by atoms with van der Waals surface area (Å²) in [6.45, 7) is 0. The molecule has 11 aromatic carbocycles. The second-order valence-electron chi connectivity index (χ2n) is 17.9. The molecule has 3 heterocycles. The number of aromatic nitrogens is 6. The van der Waals surface area contributed by atoms with Gasteiger partial charge < -0.3 is 0 Å². The zero-order valence-corrected chi connectivity index (χ0v) is 37.8. The van der Waals surface area contributed by atoms with Crippen LogP contribution in [-0.4, -0.2) is 24.5 Å². The van der Waals surface area contributed by atoms with Gasteiger partial charge in [-0.1, -0.05) is 152 Å². The molecule has 14 rings (SSSR count). The molecule has 3 aromatic heterocycles. The number of benzene rings is 11. The van der Waals surface area contributed by atoms with Crippen LogP contribution in [0.3, 0.4) is 0 Å². The highest BCUT2D eigenvalue weighted by molar-refractivity contribution is 6.15. The van der Waals surface area contributed by atoms with Crippen molar-refractivity contribution in [2.75, 3.05) is 0 Å². The van der Waals surface area contributed by atoms with Crippen LogP contribution in [0, 0.1) is 0 Å². The first-order valence-corrected chi connectivity index (χ1v) is 23.7. The molecule has 0 unspecified atom stereocenters. The first kappa shape index (κ1) is 39.6. The summed E-state index contributed by atoms with van der Waals surface area (Å²) in [6, 6.07) is 86.0. The normalized spacial score (nSPS) is 11.7. The quantitative estimate of drug-likeness (QED) is 0.128. The summed E-state index contributed by atoms with van der Waals surface area (Å²) in [4.78, 5) is 19.8. The van der Waals surface area contributed by atoms with Crippen molar-refractivity contribution in [1.82, 2.24) is 24.5 Å². The van der Waals surface area contributed by atoms with Gasteiger partial charge in [0.1, 0.15) is 11.5 Å². The minimum Gasteiger partial charge on any atom is -0.292 e. The van der Waals surface area contributed by atoms with E-state index in [9.17, 15) is 0 Å². The number of hydrogen-bond acceptors (Lipinski definition) is 3. The molecule has 0 saturated heterocycles. The smallest absolute Gasteiger partial charge is 0.292 e. The maximum absolute atomic E-state index is 5.44. The fourth-order valence-corrected chi connectivity index (χ4v) is 10.5. The maximum Gasteiger partial charge on any atom is 0.292 e. The van der Waals surface area contributed by atoms with Crippen molar-refractivity contribution in [3.8, 4) is 68.1 Å². The monoisotopic (exact) mass is 893 g/mol. The van der Waals surface area contributed by atoms with E-state index in [0.717, 1.165) is 95.1 Å². The minimum absolute atomic E-state index is 0.657. The van der Waals surface area contributed by atoms with Gasteiger partial charge in [-0.3, -0.25) is 4.57 Å². The summed E-state index contributed by atoms with van der Waals surface area (Å²) in [7, 11) is 0. The Bertz CT molecular complexity index is 4200. The number of hydrogen-bond donors (Lipinski definition) is 1. The fourth-order valence-electron chi connectivity index (χ4n) is 10.5. The Morgan fingerprint density at radius 3 is 1.56 bits per heavy atom. The van der Waals surface area contributed by atoms with Crippen LogP contribution in [0.25, 0.3) is 133 Å². The summed E-state index contributed by atoms with van der Waals surface area (Å²) >= 11 is 0. The molecule has 0 spiro atoms. The summed E-state index contributed by atoms with van der Waals surface area (Å²) < 4.78 is 4.55. The SMILES string of the molecule is c1ccc(-[n+]2c(-c3ccc(-c4nc5ccccc5n4-c4ccc(-c5nc(-c6cc7ccccc7c7ccccc67)cc(-c6cc7ccccc7c7ccccc67)n5)cc4)cc3)[nH]c3ccccc32)cc1. The van der Waals surface area contributed by atoms with Crippen LogP contribution >= 0.6 is 0 Å². The predicted molar refractivity (Wildman–Crippen MR) is 287 cm³/mol. The van der Waals surface area contributed by atoms with E-state index >= 15 is 0 Å². The molecular weight excluding hydrogens is 853 g/mol. The molecule has 0 fully saturated rings. The van der Waals surface area contributed by atoms with Gasteiger partial charge in [0.2, 0.25) is 0 Å². The van der Waals surface area contributed by atoms with Crippen LogP contribution < -0.4 is 4.57 Å². The molecule has 0 atom stereocenters. The second kappa shape index (κ2) is 16.1. The van der Waals surface area contributed by atoms with Gasteiger partial charge in [-0.05, 0) is 134 Å². The molecular formula is C64H41N6+. The van der Waals surface area contributed by atoms with Crippen LogP contribution in [0.5, 0.6) is 0 Å². The zero-order valence-electron chi connectivity index (χ0n) is 37.8. The number of nitrogens with zero attached hydrogens (tertiary/aromatic N) is 5. The van der Waals surface area contributed by atoms with E-state index in [1.807, 2.05) is 6.07 Å². The number of para-hydroxylation sites is 5. The lowest BCUT2D eigenvalue weighted by atomic mass is 9.93. The first-order chi connectivity index (χ1) is 34.7. The van der Waals surface area contributed by atoms with Gasteiger partial charge in [-0.2, -0.15) is 4.57 Å². The lowest BCUT2D eigenvalue weighted by Crippen LogP contribution is -2.31. The third-order valence-corrected chi connectivity index (χ3v) is 13.8. The molecule has 14 aromatic rings. The van der Waals surface area contributed by atoms with Crippen molar-refractivity contribution in [1.29, 1.82) is 0 Å². The highest BCUT2D eigenvalue weighted by Gasteiger charge is 2.23. The van der Waals surface area contributed by atoms with E-state index < -0.39 is 0 Å². The second-order valence-corrected chi connectivity index (χ2v) is 17.9. The molecule has 0 amide bonds. The van der Waals surface area contributed by atoms with E-state index in [-0.39, 0.29) is 0 Å². The molecule has 70 heavy (non-hydrogen) atoms. The van der Waals surface area contributed by atoms with Gasteiger partial charge in [-0.15, -0.1) is 0 Å². The van der Waals surface area contributed by atoms with E-state index in [0.29, 0.717) is 5.82 Å². The standard InChI is InChI=1S/C64H40N6/c1-2-18-46(19-3-1)69-60-28-14-12-26-56(60)67-63(69)42-30-32-43(33-31-42)64-68-57-27-13-15-29-61(57)70(64)47-36-34-41(35-37-47)62-65-58(54-38-44-16-4-6-20-48(44)50-22-8-10-24-52(50)54)40-59(66-62)55-39-45-17-5-7-21-49(45)51-23-9-11-25-53(51)55/h1-40H/p+1. The Hall–Kier alpha value is -9.52. The lowest BCUT2D eigenvalue weighted by molar-refractivity contribution is -0.554. The highest BCUT2D eigenvalue weighted by Crippen LogP contribution is 2.40. The van der Waals surface area contributed by atoms with Crippen molar-refractivity contribution >= 4 is 65.2 Å². The summed E-state index contributed by atoms with van der Waals surface area (Å²) in [6.07, 6.45) is 0. The van der Waals surface area contributed by atoms with Crippen LogP contribution in [0.2, 0.25) is 0 Å². The molecule has 0 aliphatic heterocycles. The third kappa shape index (κ3) is 6.49. The molecule has 6 heteroatoms. The molecule has 326 valence electrons. The molecule has 0 aliphatic carbocycles. The molecule has 1 N–H and O–H groups in total. The Morgan fingerprint density at radius 1 is 0.386 bits per heavy atom. The van der Waals surface area contributed by atoms with Gasteiger partial charge >= 0.3 is 0 Å². The van der Waals surface area contributed by atoms with Crippen LogP contribution in [-0.2, 0) is 0 Å². The van der Waals surface area contributed by atoms with Gasteiger partial charge in [0.25, 0.3) is 5.82 Å². The topological polar surface area (TPSA) is 63.3 Å². The Kier molecular flexibility index (Phi) is 9.10. The minimum atomic E-state index is 0.657. The number of aromatic amines is 1.